The van der Waals surface area contributed by atoms with E-state index in [9.17, 15) is 8.42 Å². The van der Waals surface area contributed by atoms with Gasteiger partial charge in [0.1, 0.15) is 5.01 Å². The van der Waals surface area contributed by atoms with Gasteiger partial charge in [0.25, 0.3) is 0 Å². The molecule has 3 rings (SSSR count). The van der Waals surface area contributed by atoms with E-state index >= 15 is 0 Å². The van der Waals surface area contributed by atoms with Crippen molar-refractivity contribution >= 4 is 21.2 Å². The first kappa shape index (κ1) is 13.4. The summed E-state index contributed by atoms with van der Waals surface area (Å²) in [6.07, 6.45) is 0. The molecule has 0 spiro atoms. The summed E-state index contributed by atoms with van der Waals surface area (Å²) in [4.78, 5) is 4.38. The van der Waals surface area contributed by atoms with E-state index in [1.54, 1.807) is 12.3 Å². The minimum Gasteiger partial charge on any atom is -0.454 e. The van der Waals surface area contributed by atoms with Crippen molar-refractivity contribution in [1.82, 2.24) is 4.98 Å². The highest BCUT2D eigenvalue weighted by Gasteiger charge is 2.16. The largest absolute Gasteiger partial charge is 0.454 e. The van der Waals surface area contributed by atoms with Crippen LogP contribution in [0, 0.1) is 0 Å². The van der Waals surface area contributed by atoms with Crippen molar-refractivity contribution in [3.63, 3.8) is 0 Å². The molecule has 1 aromatic carbocycles. The molecule has 0 N–H and O–H groups in total. The molecule has 0 atom stereocenters. The number of nitrogens with zero attached hydrogens (tertiary/aromatic N) is 1. The zero-order chi connectivity index (χ0) is 14.2. The predicted molar refractivity (Wildman–Crippen MR) is 76.8 cm³/mol. The molecular formula is C13H13NO4S2. The lowest BCUT2D eigenvalue weighted by Gasteiger charge is -1.99. The fourth-order valence-electron chi connectivity index (χ4n) is 1.86. The molecule has 1 aliphatic rings. The van der Waals surface area contributed by atoms with Gasteiger partial charge < -0.3 is 9.47 Å². The molecule has 0 radical (unpaired) electrons. The Morgan fingerprint density at radius 1 is 1.30 bits per heavy atom. The van der Waals surface area contributed by atoms with Crippen molar-refractivity contribution in [1.29, 1.82) is 0 Å². The van der Waals surface area contributed by atoms with E-state index in [4.69, 9.17) is 9.47 Å². The van der Waals surface area contributed by atoms with Crippen molar-refractivity contribution < 1.29 is 17.9 Å². The van der Waals surface area contributed by atoms with E-state index in [1.165, 1.54) is 11.3 Å². The van der Waals surface area contributed by atoms with Gasteiger partial charge in [-0.3, -0.25) is 0 Å². The van der Waals surface area contributed by atoms with E-state index in [1.807, 2.05) is 18.2 Å². The first-order chi connectivity index (χ1) is 9.57. The van der Waals surface area contributed by atoms with Crippen molar-refractivity contribution in [2.24, 2.45) is 0 Å². The normalized spacial score (nSPS) is 13.7. The molecule has 1 aliphatic heterocycles. The lowest BCUT2D eigenvalue weighted by atomic mass is 10.2. The van der Waals surface area contributed by atoms with Crippen LogP contribution in [0.3, 0.4) is 0 Å². The first-order valence-corrected chi connectivity index (χ1v) is 8.82. The maximum absolute atomic E-state index is 11.6. The van der Waals surface area contributed by atoms with Crippen molar-refractivity contribution in [2.45, 2.75) is 12.7 Å². The van der Waals surface area contributed by atoms with Crippen LogP contribution in [-0.2, 0) is 15.6 Å². The Bertz CT molecular complexity index is 737. The number of fused-ring (bicyclic) bond motifs is 1. The lowest BCUT2D eigenvalue weighted by Crippen LogP contribution is -2.06. The Morgan fingerprint density at radius 2 is 2.10 bits per heavy atom. The van der Waals surface area contributed by atoms with E-state index in [-0.39, 0.29) is 18.3 Å². The molecule has 0 unspecified atom stereocenters. The third kappa shape index (κ3) is 2.64. The first-order valence-electron chi connectivity index (χ1n) is 6.12. The maximum Gasteiger partial charge on any atom is 0.231 e. The SMILES string of the molecule is CCS(=O)(=O)Cc1csc(-c2ccc3c(c2)OCO3)n1. The molecule has 0 bridgehead atoms. The van der Waals surface area contributed by atoms with E-state index < -0.39 is 9.84 Å². The van der Waals surface area contributed by atoms with Gasteiger partial charge in [0.15, 0.2) is 21.3 Å². The Morgan fingerprint density at radius 3 is 2.90 bits per heavy atom. The van der Waals surface area contributed by atoms with Gasteiger partial charge in [0.05, 0.1) is 11.4 Å². The highest BCUT2D eigenvalue weighted by Crippen LogP contribution is 2.36. The van der Waals surface area contributed by atoms with E-state index in [2.05, 4.69) is 4.98 Å². The molecule has 2 heterocycles. The molecule has 0 aliphatic carbocycles. The standard InChI is InChI=1S/C13H13NO4S2/c1-2-20(15,16)7-10-6-19-13(14-10)9-3-4-11-12(5-9)18-8-17-11/h3-6H,2,7-8H2,1H3. The second-order valence-electron chi connectivity index (χ2n) is 4.39. The molecular weight excluding hydrogens is 298 g/mol. The predicted octanol–water partition coefficient (Wildman–Crippen LogP) is 2.47. The van der Waals surface area contributed by atoms with Gasteiger partial charge >= 0.3 is 0 Å². The molecule has 0 saturated heterocycles. The number of hydrogen-bond acceptors (Lipinski definition) is 6. The van der Waals surface area contributed by atoms with Crippen LogP contribution in [0.1, 0.15) is 12.6 Å². The summed E-state index contributed by atoms with van der Waals surface area (Å²) >= 11 is 1.43. The number of rotatable bonds is 4. The van der Waals surface area contributed by atoms with Gasteiger partial charge in [-0.15, -0.1) is 11.3 Å². The number of thiazole rings is 1. The topological polar surface area (TPSA) is 65.5 Å². The average molecular weight is 311 g/mol. The van der Waals surface area contributed by atoms with Crippen LogP contribution in [-0.4, -0.2) is 25.9 Å². The summed E-state index contributed by atoms with van der Waals surface area (Å²) < 4.78 is 33.8. The third-order valence-electron chi connectivity index (χ3n) is 2.98. The fourth-order valence-corrected chi connectivity index (χ4v) is 3.59. The fraction of sp³-hybridized carbons (Fsp3) is 0.308. The Kier molecular flexibility index (Phi) is 3.39. The molecule has 0 fully saturated rings. The number of benzene rings is 1. The summed E-state index contributed by atoms with van der Waals surface area (Å²) in [5.74, 6) is 1.54. The maximum atomic E-state index is 11.6. The van der Waals surface area contributed by atoms with Crippen molar-refractivity contribution in [3.05, 3.63) is 29.3 Å². The van der Waals surface area contributed by atoms with Gasteiger partial charge in [-0.1, -0.05) is 6.92 Å². The summed E-state index contributed by atoms with van der Waals surface area (Å²) in [5.41, 5.74) is 1.49. The van der Waals surface area contributed by atoms with E-state index in [0.29, 0.717) is 11.4 Å². The minimum absolute atomic E-state index is 0.00937. The second kappa shape index (κ2) is 5.06. The molecule has 106 valence electrons. The second-order valence-corrected chi connectivity index (χ2v) is 7.60. The van der Waals surface area contributed by atoms with Gasteiger partial charge in [-0.05, 0) is 18.2 Å². The minimum atomic E-state index is -3.05. The molecule has 20 heavy (non-hydrogen) atoms. The summed E-state index contributed by atoms with van der Waals surface area (Å²) in [6, 6.07) is 5.59. The van der Waals surface area contributed by atoms with Crippen LogP contribution < -0.4 is 9.47 Å². The van der Waals surface area contributed by atoms with Crippen LogP contribution in [0.2, 0.25) is 0 Å². The van der Waals surface area contributed by atoms with Crippen LogP contribution in [0.15, 0.2) is 23.6 Å². The highest BCUT2D eigenvalue weighted by atomic mass is 32.2. The molecule has 2 aromatic rings. The zero-order valence-electron chi connectivity index (χ0n) is 10.8. The van der Waals surface area contributed by atoms with Crippen LogP contribution in [0.4, 0.5) is 0 Å². The number of ether oxygens (including phenoxy) is 2. The monoisotopic (exact) mass is 311 g/mol. The van der Waals surface area contributed by atoms with Gasteiger partial charge in [-0.25, -0.2) is 13.4 Å². The molecule has 0 amide bonds. The summed E-state index contributed by atoms with van der Waals surface area (Å²) in [7, 11) is -3.05. The molecule has 0 saturated carbocycles. The Hall–Kier alpha value is -1.60. The highest BCUT2D eigenvalue weighted by molar-refractivity contribution is 7.90. The van der Waals surface area contributed by atoms with Gasteiger partial charge in [-0.2, -0.15) is 0 Å². The summed E-state index contributed by atoms with van der Waals surface area (Å²) in [6.45, 7) is 1.87. The number of aromatic nitrogens is 1. The Balaban J connectivity index is 1.87. The van der Waals surface area contributed by atoms with E-state index in [0.717, 1.165) is 16.3 Å². The molecule has 1 aromatic heterocycles. The smallest absolute Gasteiger partial charge is 0.231 e. The Labute approximate surface area is 121 Å². The van der Waals surface area contributed by atoms with Gasteiger partial charge in [0, 0.05) is 16.7 Å². The van der Waals surface area contributed by atoms with Crippen LogP contribution in [0.5, 0.6) is 11.5 Å². The number of sulfone groups is 1. The third-order valence-corrected chi connectivity index (χ3v) is 5.53. The average Bonchev–Trinajstić information content (AvgIpc) is 3.05. The number of hydrogen-bond donors (Lipinski definition) is 0. The summed E-state index contributed by atoms with van der Waals surface area (Å²) in [5, 5.41) is 2.57. The zero-order valence-corrected chi connectivity index (χ0v) is 12.5. The lowest BCUT2D eigenvalue weighted by molar-refractivity contribution is 0.174. The van der Waals surface area contributed by atoms with Gasteiger partial charge in [0.2, 0.25) is 6.79 Å². The van der Waals surface area contributed by atoms with Crippen LogP contribution in [0.25, 0.3) is 10.6 Å². The quantitative estimate of drug-likeness (QED) is 0.868. The van der Waals surface area contributed by atoms with Crippen molar-refractivity contribution in [3.8, 4) is 22.1 Å². The van der Waals surface area contributed by atoms with Crippen LogP contribution >= 0.6 is 11.3 Å². The molecule has 7 heteroatoms. The van der Waals surface area contributed by atoms with Crippen molar-refractivity contribution in [2.75, 3.05) is 12.5 Å². The molecule has 5 nitrogen and oxygen atoms in total.